The molecular weight excluding hydrogens is 316 g/mol. The Balaban J connectivity index is 1.28. The number of hydrogen-bond donors (Lipinski definition) is 4. The van der Waals surface area contributed by atoms with E-state index in [1.54, 1.807) is 6.20 Å². The lowest BCUT2D eigenvalue weighted by atomic mass is 10.0. The van der Waals surface area contributed by atoms with Crippen LogP contribution < -0.4 is 16.2 Å². The Morgan fingerprint density at radius 1 is 1.20 bits per heavy atom. The van der Waals surface area contributed by atoms with E-state index in [0.717, 1.165) is 22.4 Å². The molecule has 128 valence electrons. The molecule has 2 atom stereocenters. The Morgan fingerprint density at radius 3 is 2.96 bits per heavy atom. The maximum Gasteiger partial charge on any atom is 0.238 e. The normalized spacial score (nSPS) is 20.0. The molecule has 2 aromatic heterocycles. The minimum Gasteiger partial charge on any atom is -0.354 e. The van der Waals surface area contributed by atoms with Crippen molar-refractivity contribution in [1.29, 1.82) is 0 Å². The first-order valence-corrected chi connectivity index (χ1v) is 8.42. The van der Waals surface area contributed by atoms with Crippen molar-refractivity contribution >= 4 is 16.9 Å². The number of amides is 1. The van der Waals surface area contributed by atoms with Crippen molar-refractivity contribution in [2.24, 2.45) is 0 Å². The van der Waals surface area contributed by atoms with Gasteiger partial charge in [-0.15, -0.1) is 0 Å². The molecule has 0 saturated carbocycles. The minimum atomic E-state index is -0.249. The van der Waals surface area contributed by atoms with Crippen molar-refractivity contribution in [2.45, 2.75) is 24.9 Å². The Morgan fingerprint density at radius 2 is 2.12 bits per heavy atom. The summed E-state index contributed by atoms with van der Waals surface area (Å²) in [6.45, 7) is 0.550. The topological polar surface area (TPSA) is 94.7 Å². The number of imidazole rings is 1. The van der Waals surface area contributed by atoms with Crippen LogP contribution in [0.25, 0.3) is 11.0 Å². The van der Waals surface area contributed by atoms with Gasteiger partial charge in [-0.1, -0.05) is 18.2 Å². The summed E-state index contributed by atoms with van der Waals surface area (Å²) in [5.41, 5.74) is 9.27. The highest BCUT2D eigenvalue weighted by molar-refractivity contribution is 5.82. The number of nitrogens with one attached hydrogen (secondary N) is 4. The fourth-order valence-electron chi connectivity index (χ4n) is 3.08. The van der Waals surface area contributed by atoms with Crippen LogP contribution in [0.5, 0.6) is 0 Å². The number of fused-ring (bicyclic) bond motifs is 1. The molecule has 25 heavy (non-hydrogen) atoms. The molecule has 1 saturated heterocycles. The molecule has 4 N–H and O–H groups in total. The summed E-state index contributed by atoms with van der Waals surface area (Å²) in [7, 11) is 0. The Kier molecular flexibility index (Phi) is 4.41. The molecule has 1 aliphatic heterocycles. The van der Waals surface area contributed by atoms with Gasteiger partial charge in [0, 0.05) is 31.4 Å². The highest BCUT2D eigenvalue weighted by Gasteiger charge is 2.29. The number of hydrogen-bond acceptors (Lipinski definition) is 5. The van der Waals surface area contributed by atoms with Crippen LogP contribution >= 0.6 is 0 Å². The molecule has 4 rings (SSSR count). The second-order valence-electron chi connectivity index (χ2n) is 6.16. The summed E-state index contributed by atoms with van der Waals surface area (Å²) in [6, 6.07) is 11.7. The molecule has 0 bridgehead atoms. The van der Waals surface area contributed by atoms with Gasteiger partial charge >= 0.3 is 0 Å². The van der Waals surface area contributed by atoms with Gasteiger partial charge < -0.3 is 10.3 Å². The molecule has 7 heteroatoms. The monoisotopic (exact) mass is 336 g/mol. The zero-order valence-corrected chi connectivity index (χ0v) is 13.7. The molecule has 2 unspecified atom stereocenters. The van der Waals surface area contributed by atoms with Crippen molar-refractivity contribution in [2.75, 3.05) is 6.54 Å². The zero-order chi connectivity index (χ0) is 17.1. The lowest BCUT2D eigenvalue weighted by molar-refractivity contribution is -0.122. The van der Waals surface area contributed by atoms with E-state index in [1.165, 1.54) is 0 Å². The number of para-hydroxylation sites is 2. The number of benzene rings is 1. The summed E-state index contributed by atoms with van der Waals surface area (Å²) >= 11 is 0. The van der Waals surface area contributed by atoms with Gasteiger partial charge in [0.25, 0.3) is 0 Å². The number of pyridine rings is 1. The summed E-state index contributed by atoms with van der Waals surface area (Å²) in [5.74, 6) is 0.877. The number of rotatable bonds is 5. The van der Waals surface area contributed by atoms with Crippen LogP contribution in [0.2, 0.25) is 0 Å². The van der Waals surface area contributed by atoms with Crippen LogP contribution in [-0.2, 0) is 11.2 Å². The van der Waals surface area contributed by atoms with Gasteiger partial charge in [0.05, 0.1) is 11.0 Å². The molecule has 1 fully saturated rings. The van der Waals surface area contributed by atoms with Gasteiger partial charge in [-0.25, -0.2) is 15.8 Å². The Labute approximate surface area is 145 Å². The van der Waals surface area contributed by atoms with Crippen molar-refractivity contribution in [3.05, 3.63) is 60.2 Å². The molecule has 3 aromatic rings. The number of nitrogens with zero attached hydrogens (tertiary/aromatic N) is 2. The quantitative estimate of drug-likeness (QED) is 0.562. The number of hydrazine groups is 1. The third-order valence-corrected chi connectivity index (χ3v) is 4.41. The predicted octanol–water partition coefficient (Wildman–Crippen LogP) is 1.22. The molecule has 1 aliphatic rings. The van der Waals surface area contributed by atoms with Gasteiger partial charge in [-0.3, -0.25) is 9.78 Å². The van der Waals surface area contributed by atoms with Crippen molar-refractivity contribution in [3.63, 3.8) is 0 Å². The Hall–Kier alpha value is -2.77. The standard InChI is InChI=1S/C18H20N6O/c25-18(16-10-15(23-24-16)12-4-3-8-19-11-12)20-9-7-17-21-13-5-1-2-6-14(13)22-17/h1-6,8,11,15-16,23-24H,7,9-10H2,(H,20,25)(H,21,22). The van der Waals surface area contributed by atoms with Crippen LogP contribution in [-0.4, -0.2) is 33.4 Å². The molecule has 3 heterocycles. The van der Waals surface area contributed by atoms with E-state index in [-0.39, 0.29) is 18.0 Å². The van der Waals surface area contributed by atoms with Gasteiger partial charge in [-0.05, 0) is 30.2 Å². The smallest absolute Gasteiger partial charge is 0.238 e. The van der Waals surface area contributed by atoms with E-state index in [4.69, 9.17) is 0 Å². The number of carbonyl (C=O) groups is 1. The summed E-state index contributed by atoms with van der Waals surface area (Å²) in [4.78, 5) is 24.2. The molecule has 0 radical (unpaired) electrons. The van der Waals surface area contributed by atoms with E-state index < -0.39 is 0 Å². The number of aromatic nitrogens is 3. The van der Waals surface area contributed by atoms with Crippen LogP contribution in [0.1, 0.15) is 23.9 Å². The van der Waals surface area contributed by atoms with Crippen LogP contribution in [0, 0.1) is 0 Å². The van der Waals surface area contributed by atoms with Crippen molar-refractivity contribution in [1.82, 2.24) is 31.1 Å². The second-order valence-corrected chi connectivity index (χ2v) is 6.16. The van der Waals surface area contributed by atoms with E-state index >= 15 is 0 Å². The molecule has 7 nitrogen and oxygen atoms in total. The number of aromatic amines is 1. The largest absolute Gasteiger partial charge is 0.354 e. The fraction of sp³-hybridized carbons (Fsp3) is 0.278. The van der Waals surface area contributed by atoms with Gasteiger partial charge in [0.1, 0.15) is 11.9 Å². The third-order valence-electron chi connectivity index (χ3n) is 4.41. The maximum absolute atomic E-state index is 12.3. The molecule has 0 aliphatic carbocycles. The lowest BCUT2D eigenvalue weighted by Gasteiger charge is -2.10. The first-order valence-electron chi connectivity index (χ1n) is 8.42. The zero-order valence-electron chi connectivity index (χ0n) is 13.7. The number of carbonyl (C=O) groups excluding carboxylic acids is 1. The van der Waals surface area contributed by atoms with Crippen LogP contribution in [0.3, 0.4) is 0 Å². The van der Waals surface area contributed by atoms with E-state index in [2.05, 4.69) is 31.1 Å². The highest BCUT2D eigenvalue weighted by atomic mass is 16.2. The van der Waals surface area contributed by atoms with E-state index in [9.17, 15) is 4.79 Å². The van der Waals surface area contributed by atoms with Gasteiger partial charge in [-0.2, -0.15) is 0 Å². The first kappa shape index (κ1) is 15.7. The van der Waals surface area contributed by atoms with Gasteiger partial charge in [0.15, 0.2) is 0 Å². The fourth-order valence-corrected chi connectivity index (χ4v) is 3.08. The summed E-state index contributed by atoms with van der Waals surface area (Å²) in [6.07, 6.45) is 4.93. The van der Waals surface area contributed by atoms with Crippen LogP contribution in [0.15, 0.2) is 48.8 Å². The van der Waals surface area contributed by atoms with Gasteiger partial charge in [0.2, 0.25) is 5.91 Å². The maximum atomic E-state index is 12.3. The molecule has 1 aromatic carbocycles. The molecule has 0 spiro atoms. The highest BCUT2D eigenvalue weighted by Crippen LogP contribution is 2.21. The molecular formula is C18H20N6O. The SMILES string of the molecule is O=C(NCCc1nc2ccccc2[nH]1)C1CC(c2cccnc2)NN1. The lowest BCUT2D eigenvalue weighted by Crippen LogP contribution is -2.43. The Bertz CT molecular complexity index is 829. The second kappa shape index (κ2) is 7.00. The van der Waals surface area contributed by atoms with Crippen molar-refractivity contribution in [3.8, 4) is 0 Å². The summed E-state index contributed by atoms with van der Waals surface area (Å²) in [5, 5.41) is 2.97. The third kappa shape index (κ3) is 3.52. The average molecular weight is 336 g/mol. The minimum absolute atomic E-state index is 0.00463. The van der Waals surface area contributed by atoms with Crippen LogP contribution in [0.4, 0.5) is 0 Å². The van der Waals surface area contributed by atoms with E-state index in [1.807, 2.05) is 42.6 Å². The first-order chi connectivity index (χ1) is 12.3. The predicted molar refractivity (Wildman–Crippen MR) is 94.5 cm³/mol. The number of H-pyrrole nitrogens is 1. The van der Waals surface area contributed by atoms with E-state index in [0.29, 0.717) is 19.4 Å². The molecule has 1 amide bonds. The summed E-state index contributed by atoms with van der Waals surface area (Å²) < 4.78 is 0. The van der Waals surface area contributed by atoms with Crippen molar-refractivity contribution < 1.29 is 4.79 Å². The average Bonchev–Trinajstić information content (AvgIpc) is 3.29.